The molecule has 0 saturated carbocycles. The van der Waals surface area contributed by atoms with Gasteiger partial charge >= 0.3 is 0 Å². The number of aryl methyl sites for hydroxylation is 1. The standard InChI is InChI=1S/C13H25N3O/c1-3-5-10-17-11-7-14-12-13-15-6-9-16(13)8-4-2/h6,9,14H,3-5,7-8,10-12H2,1-2H3. The van der Waals surface area contributed by atoms with E-state index in [9.17, 15) is 0 Å². The molecule has 1 aromatic rings. The van der Waals surface area contributed by atoms with E-state index in [-0.39, 0.29) is 0 Å². The SMILES string of the molecule is CCCCOCCNCc1nccn1CCC. The van der Waals surface area contributed by atoms with E-state index in [4.69, 9.17) is 4.74 Å². The third-order valence-electron chi connectivity index (χ3n) is 2.61. The maximum Gasteiger partial charge on any atom is 0.122 e. The molecule has 0 bridgehead atoms. The fraction of sp³-hybridized carbons (Fsp3) is 0.769. The zero-order valence-corrected chi connectivity index (χ0v) is 11.1. The van der Waals surface area contributed by atoms with Crippen LogP contribution in [0.3, 0.4) is 0 Å². The van der Waals surface area contributed by atoms with Crippen LogP contribution in [0.25, 0.3) is 0 Å². The van der Waals surface area contributed by atoms with E-state index in [2.05, 4.69) is 28.7 Å². The van der Waals surface area contributed by atoms with Crippen molar-refractivity contribution in [2.45, 2.75) is 46.2 Å². The second kappa shape index (κ2) is 9.19. The summed E-state index contributed by atoms with van der Waals surface area (Å²) < 4.78 is 7.68. The molecule has 0 spiro atoms. The molecule has 1 aromatic heterocycles. The first-order valence-electron chi connectivity index (χ1n) is 6.67. The Labute approximate surface area is 104 Å². The van der Waals surface area contributed by atoms with Crippen LogP contribution in [0, 0.1) is 0 Å². The summed E-state index contributed by atoms with van der Waals surface area (Å²) in [7, 11) is 0. The first-order chi connectivity index (χ1) is 8.38. The topological polar surface area (TPSA) is 39.1 Å². The number of unbranched alkanes of at least 4 members (excludes halogenated alkanes) is 1. The van der Waals surface area contributed by atoms with Crippen LogP contribution in [0.1, 0.15) is 38.9 Å². The Morgan fingerprint density at radius 2 is 2.18 bits per heavy atom. The van der Waals surface area contributed by atoms with Crippen LogP contribution in [0.5, 0.6) is 0 Å². The minimum absolute atomic E-state index is 0.786. The molecular weight excluding hydrogens is 214 g/mol. The number of aromatic nitrogens is 2. The molecule has 0 fully saturated rings. The Balaban J connectivity index is 2.07. The molecule has 0 saturated heterocycles. The van der Waals surface area contributed by atoms with Crippen molar-refractivity contribution in [1.29, 1.82) is 0 Å². The normalized spacial score (nSPS) is 10.9. The number of imidazole rings is 1. The second-order valence-corrected chi connectivity index (χ2v) is 4.18. The molecule has 1 N–H and O–H groups in total. The number of rotatable bonds is 10. The van der Waals surface area contributed by atoms with Crippen LogP contribution in [0.4, 0.5) is 0 Å². The van der Waals surface area contributed by atoms with Gasteiger partial charge in [-0.1, -0.05) is 20.3 Å². The van der Waals surface area contributed by atoms with E-state index in [1.54, 1.807) is 0 Å². The molecular formula is C13H25N3O. The van der Waals surface area contributed by atoms with Crippen LogP contribution < -0.4 is 5.32 Å². The zero-order chi connectivity index (χ0) is 12.3. The zero-order valence-electron chi connectivity index (χ0n) is 11.1. The smallest absolute Gasteiger partial charge is 0.122 e. The third kappa shape index (κ3) is 5.84. The van der Waals surface area contributed by atoms with E-state index >= 15 is 0 Å². The van der Waals surface area contributed by atoms with Crippen molar-refractivity contribution in [2.24, 2.45) is 0 Å². The number of ether oxygens (including phenoxy) is 1. The number of nitrogens with zero attached hydrogens (tertiary/aromatic N) is 2. The minimum atomic E-state index is 0.786. The Morgan fingerprint density at radius 3 is 2.94 bits per heavy atom. The molecule has 98 valence electrons. The lowest BCUT2D eigenvalue weighted by Crippen LogP contribution is -2.21. The van der Waals surface area contributed by atoms with Crippen molar-refractivity contribution >= 4 is 0 Å². The Hall–Kier alpha value is -0.870. The maximum atomic E-state index is 5.48. The average molecular weight is 239 g/mol. The highest BCUT2D eigenvalue weighted by atomic mass is 16.5. The average Bonchev–Trinajstić information content (AvgIpc) is 2.76. The molecule has 0 atom stereocenters. The molecule has 0 aliphatic heterocycles. The highest BCUT2D eigenvalue weighted by molar-refractivity contribution is 4.91. The Morgan fingerprint density at radius 1 is 1.29 bits per heavy atom. The molecule has 0 amide bonds. The molecule has 0 aliphatic carbocycles. The van der Waals surface area contributed by atoms with Crippen molar-refractivity contribution in [1.82, 2.24) is 14.9 Å². The molecule has 0 aliphatic rings. The quantitative estimate of drug-likeness (QED) is 0.636. The van der Waals surface area contributed by atoms with Gasteiger partial charge in [0.1, 0.15) is 5.82 Å². The van der Waals surface area contributed by atoms with E-state index < -0.39 is 0 Å². The highest BCUT2D eigenvalue weighted by Crippen LogP contribution is 1.98. The van der Waals surface area contributed by atoms with Crippen molar-refractivity contribution < 1.29 is 4.74 Å². The minimum Gasteiger partial charge on any atom is -0.380 e. The molecule has 4 heteroatoms. The lowest BCUT2D eigenvalue weighted by atomic mass is 10.4. The van der Waals surface area contributed by atoms with Gasteiger partial charge in [-0.15, -0.1) is 0 Å². The summed E-state index contributed by atoms with van der Waals surface area (Å²) in [5, 5.41) is 3.36. The fourth-order valence-electron chi connectivity index (χ4n) is 1.64. The third-order valence-corrected chi connectivity index (χ3v) is 2.61. The summed E-state index contributed by atoms with van der Waals surface area (Å²) in [4.78, 5) is 4.34. The number of hydrogen-bond acceptors (Lipinski definition) is 3. The largest absolute Gasteiger partial charge is 0.380 e. The molecule has 1 heterocycles. The summed E-state index contributed by atoms with van der Waals surface area (Å²) in [5.74, 6) is 1.11. The van der Waals surface area contributed by atoms with Gasteiger partial charge in [-0.25, -0.2) is 4.98 Å². The summed E-state index contributed by atoms with van der Waals surface area (Å²) in [6.07, 6.45) is 7.40. The summed E-state index contributed by atoms with van der Waals surface area (Å²) in [5.41, 5.74) is 0. The first kappa shape index (κ1) is 14.2. The van der Waals surface area contributed by atoms with Crippen molar-refractivity contribution in [3.05, 3.63) is 18.2 Å². The number of nitrogens with one attached hydrogen (secondary N) is 1. The van der Waals surface area contributed by atoms with Crippen molar-refractivity contribution in [3.63, 3.8) is 0 Å². The lowest BCUT2D eigenvalue weighted by molar-refractivity contribution is 0.132. The van der Waals surface area contributed by atoms with Gasteiger partial charge in [-0.3, -0.25) is 0 Å². The molecule has 0 unspecified atom stereocenters. The lowest BCUT2D eigenvalue weighted by Gasteiger charge is -2.08. The Bertz CT molecular complexity index is 286. The van der Waals surface area contributed by atoms with Gasteiger partial charge in [0.15, 0.2) is 0 Å². The van der Waals surface area contributed by atoms with Crippen LogP contribution in [-0.4, -0.2) is 29.3 Å². The monoisotopic (exact) mass is 239 g/mol. The molecule has 0 radical (unpaired) electrons. The molecule has 0 aromatic carbocycles. The van der Waals surface area contributed by atoms with Crippen LogP contribution in [0.2, 0.25) is 0 Å². The van der Waals surface area contributed by atoms with Crippen LogP contribution in [0.15, 0.2) is 12.4 Å². The highest BCUT2D eigenvalue weighted by Gasteiger charge is 2.00. The van der Waals surface area contributed by atoms with Gasteiger partial charge in [-0.2, -0.15) is 0 Å². The van der Waals surface area contributed by atoms with Gasteiger partial charge in [0, 0.05) is 32.1 Å². The number of hydrogen-bond donors (Lipinski definition) is 1. The van der Waals surface area contributed by atoms with Crippen LogP contribution >= 0.6 is 0 Å². The second-order valence-electron chi connectivity index (χ2n) is 4.18. The summed E-state index contributed by atoms with van der Waals surface area (Å²) in [6, 6.07) is 0. The van der Waals surface area contributed by atoms with E-state index in [0.29, 0.717) is 0 Å². The first-order valence-corrected chi connectivity index (χ1v) is 6.67. The van der Waals surface area contributed by atoms with Crippen molar-refractivity contribution in [2.75, 3.05) is 19.8 Å². The van der Waals surface area contributed by atoms with E-state index in [1.807, 2.05) is 12.4 Å². The van der Waals surface area contributed by atoms with Gasteiger partial charge in [0.05, 0.1) is 13.2 Å². The van der Waals surface area contributed by atoms with Gasteiger partial charge in [0.25, 0.3) is 0 Å². The predicted octanol–water partition coefficient (Wildman–Crippen LogP) is 2.20. The maximum absolute atomic E-state index is 5.48. The molecule has 4 nitrogen and oxygen atoms in total. The fourth-order valence-corrected chi connectivity index (χ4v) is 1.64. The predicted molar refractivity (Wildman–Crippen MR) is 70.0 cm³/mol. The molecule has 1 rings (SSSR count). The van der Waals surface area contributed by atoms with Crippen LogP contribution in [-0.2, 0) is 17.8 Å². The Kier molecular flexibility index (Phi) is 7.67. The van der Waals surface area contributed by atoms with Gasteiger partial charge in [-0.05, 0) is 12.8 Å². The molecule has 17 heavy (non-hydrogen) atoms. The van der Waals surface area contributed by atoms with Gasteiger partial charge in [0.2, 0.25) is 0 Å². The van der Waals surface area contributed by atoms with E-state index in [0.717, 1.165) is 51.5 Å². The summed E-state index contributed by atoms with van der Waals surface area (Å²) >= 11 is 0. The summed E-state index contributed by atoms with van der Waals surface area (Å²) in [6.45, 7) is 8.78. The van der Waals surface area contributed by atoms with Gasteiger partial charge < -0.3 is 14.6 Å². The van der Waals surface area contributed by atoms with Crippen molar-refractivity contribution in [3.8, 4) is 0 Å². The van der Waals surface area contributed by atoms with E-state index in [1.165, 1.54) is 6.42 Å².